The smallest absolute Gasteiger partial charge is 0.353 e. The van der Waals surface area contributed by atoms with E-state index in [1.54, 1.807) is 6.08 Å². The van der Waals surface area contributed by atoms with Crippen LogP contribution >= 0.6 is 0 Å². The molecule has 2 aliphatic rings. The molecule has 2 bridgehead atoms. The van der Waals surface area contributed by atoms with E-state index in [1.165, 1.54) is 6.92 Å². The number of halogens is 6. The fourth-order valence-electron chi connectivity index (χ4n) is 3.62. The van der Waals surface area contributed by atoms with Crippen LogP contribution in [0.2, 0.25) is 0 Å². The summed E-state index contributed by atoms with van der Waals surface area (Å²) in [6.45, 7) is 2.49. The van der Waals surface area contributed by atoms with Gasteiger partial charge in [-0.3, -0.25) is 0 Å². The van der Waals surface area contributed by atoms with Crippen molar-refractivity contribution in [3.63, 3.8) is 0 Å². The largest absolute Gasteiger partial charge is 0.426 e. The molecule has 0 saturated heterocycles. The molecule has 0 heterocycles. The SMILES string of the molecule is CCOC(C)OC(CC1CC2C=CC1C2)(C(F)(F)F)C(F)(F)F. The molecule has 0 amide bonds. The van der Waals surface area contributed by atoms with Crippen LogP contribution in [0.4, 0.5) is 26.3 Å². The van der Waals surface area contributed by atoms with Gasteiger partial charge in [-0.05, 0) is 50.9 Å². The third-order valence-electron chi connectivity index (χ3n) is 4.65. The van der Waals surface area contributed by atoms with Crippen molar-refractivity contribution < 1.29 is 35.8 Å². The average Bonchev–Trinajstić information content (AvgIpc) is 2.97. The summed E-state index contributed by atoms with van der Waals surface area (Å²) in [5.74, 6) is -0.856. The molecular weight excluding hydrogens is 326 g/mol. The Bertz CT molecular complexity index is 428. The first-order valence-electron chi connectivity index (χ1n) is 7.61. The second kappa shape index (κ2) is 6.27. The van der Waals surface area contributed by atoms with Gasteiger partial charge in [-0.1, -0.05) is 12.2 Å². The molecule has 23 heavy (non-hydrogen) atoms. The number of fused-ring (bicyclic) bond motifs is 2. The van der Waals surface area contributed by atoms with Gasteiger partial charge in [0.2, 0.25) is 0 Å². The molecule has 0 aliphatic heterocycles. The summed E-state index contributed by atoms with van der Waals surface area (Å²) in [6.07, 6.45) is -9.31. The Morgan fingerprint density at radius 2 is 1.65 bits per heavy atom. The van der Waals surface area contributed by atoms with Crippen molar-refractivity contribution in [2.24, 2.45) is 17.8 Å². The Morgan fingerprint density at radius 3 is 2.04 bits per heavy atom. The van der Waals surface area contributed by atoms with Crippen LogP contribution in [0.15, 0.2) is 12.2 Å². The minimum atomic E-state index is -5.57. The van der Waals surface area contributed by atoms with Gasteiger partial charge in [-0.15, -0.1) is 0 Å². The molecule has 0 spiro atoms. The molecule has 0 aromatic rings. The Hall–Kier alpha value is -0.760. The molecule has 4 unspecified atom stereocenters. The second-order valence-electron chi connectivity index (χ2n) is 6.21. The predicted octanol–water partition coefficient (Wildman–Crippen LogP) is 4.85. The Morgan fingerprint density at radius 1 is 1.04 bits per heavy atom. The molecule has 4 atom stereocenters. The van der Waals surface area contributed by atoms with Crippen molar-refractivity contribution in [1.29, 1.82) is 0 Å². The normalized spacial score (nSPS) is 29.3. The molecule has 1 fully saturated rings. The van der Waals surface area contributed by atoms with Gasteiger partial charge in [0.05, 0.1) is 0 Å². The number of allylic oxidation sites excluding steroid dienone is 2. The second-order valence-corrected chi connectivity index (χ2v) is 6.21. The number of rotatable bonds is 6. The monoisotopic (exact) mass is 346 g/mol. The maximum Gasteiger partial charge on any atom is 0.426 e. The number of alkyl halides is 6. The lowest BCUT2D eigenvalue weighted by Gasteiger charge is -2.41. The molecule has 134 valence electrons. The molecule has 0 aromatic carbocycles. The molecule has 2 rings (SSSR count). The summed E-state index contributed by atoms with van der Waals surface area (Å²) in [4.78, 5) is 0. The molecular formula is C15H20F6O2. The van der Waals surface area contributed by atoms with E-state index in [0.717, 1.165) is 6.92 Å². The van der Waals surface area contributed by atoms with Gasteiger partial charge in [0, 0.05) is 6.61 Å². The van der Waals surface area contributed by atoms with Crippen LogP contribution in [0.25, 0.3) is 0 Å². The summed E-state index contributed by atoms with van der Waals surface area (Å²) in [5, 5.41) is 0. The Labute approximate surface area is 130 Å². The highest BCUT2D eigenvalue weighted by Gasteiger charge is 2.73. The van der Waals surface area contributed by atoms with E-state index < -0.39 is 36.6 Å². The predicted molar refractivity (Wildman–Crippen MR) is 70.5 cm³/mol. The minimum Gasteiger partial charge on any atom is -0.353 e. The van der Waals surface area contributed by atoms with E-state index >= 15 is 0 Å². The lowest BCUT2D eigenvalue weighted by molar-refractivity contribution is -0.411. The maximum atomic E-state index is 13.4. The van der Waals surface area contributed by atoms with Gasteiger partial charge in [0.1, 0.15) is 0 Å². The zero-order valence-corrected chi connectivity index (χ0v) is 12.9. The zero-order chi connectivity index (χ0) is 17.5. The molecule has 1 saturated carbocycles. The highest BCUT2D eigenvalue weighted by Crippen LogP contribution is 2.55. The standard InChI is InChI=1S/C15H20F6O2/c1-3-22-9(2)23-13(14(16,17)18,15(19,20)21)8-12-7-10-4-5-11(12)6-10/h4-5,9-12H,3,6-8H2,1-2H3. The molecule has 2 aliphatic carbocycles. The van der Waals surface area contributed by atoms with Crippen molar-refractivity contribution >= 4 is 0 Å². The van der Waals surface area contributed by atoms with Crippen molar-refractivity contribution in [1.82, 2.24) is 0 Å². The van der Waals surface area contributed by atoms with Gasteiger partial charge in [0.25, 0.3) is 5.60 Å². The van der Waals surface area contributed by atoms with E-state index in [1.807, 2.05) is 6.08 Å². The highest BCUT2D eigenvalue weighted by molar-refractivity contribution is 5.12. The van der Waals surface area contributed by atoms with Crippen LogP contribution in [-0.4, -0.2) is 30.9 Å². The molecule has 0 N–H and O–H groups in total. The highest BCUT2D eigenvalue weighted by atomic mass is 19.4. The Kier molecular flexibility index (Phi) is 5.07. The van der Waals surface area contributed by atoms with Gasteiger partial charge in [0.15, 0.2) is 6.29 Å². The van der Waals surface area contributed by atoms with Gasteiger partial charge in [-0.2, -0.15) is 26.3 Å². The van der Waals surface area contributed by atoms with Crippen molar-refractivity contribution in [2.75, 3.05) is 6.61 Å². The number of ether oxygens (including phenoxy) is 2. The first-order chi connectivity index (χ1) is 10.5. The first-order valence-corrected chi connectivity index (χ1v) is 7.61. The maximum absolute atomic E-state index is 13.4. The number of hydrogen-bond acceptors (Lipinski definition) is 2. The zero-order valence-electron chi connectivity index (χ0n) is 12.9. The summed E-state index contributed by atoms with van der Waals surface area (Å²) in [5.41, 5.74) is -4.20. The van der Waals surface area contributed by atoms with Gasteiger partial charge in [-0.25, -0.2) is 0 Å². The van der Waals surface area contributed by atoms with Crippen LogP contribution in [0.1, 0.15) is 33.1 Å². The van der Waals surface area contributed by atoms with Crippen LogP contribution < -0.4 is 0 Å². The van der Waals surface area contributed by atoms with Crippen molar-refractivity contribution in [3.8, 4) is 0 Å². The van der Waals surface area contributed by atoms with E-state index in [-0.39, 0.29) is 18.4 Å². The lowest BCUT2D eigenvalue weighted by atomic mass is 9.81. The summed E-state index contributed by atoms with van der Waals surface area (Å²) < 4.78 is 90.0. The van der Waals surface area contributed by atoms with E-state index in [0.29, 0.717) is 12.8 Å². The quantitative estimate of drug-likeness (QED) is 0.389. The Balaban J connectivity index is 2.30. The lowest BCUT2D eigenvalue weighted by Crippen LogP contribution is -2.61. The third kappa shape index (κ3) is 3.52. The van der Waals surface area contributed by atoms with Crippen LogP contribution in [0.5, 0.6) is 0 Å². The number of hydrogen-bond donors (Lipinski definition) is 0. The third-order valence-corrected chi connectivity index (χ3v) is 4.65. The van der Waals surface area contributed by atoms with E-state index in [9.17, 15) is 26.3 Å². The van der Waals surface area contributed by atoms with Crippen LogP contribution in [-0.2, 0) is 9.47 Å². The molecule has 0 aromatic heterocycles. The van der Waals surface area contributed by atoms with E-state index in [2.05, 4.69) is 4.74 Å². The van der Waals surface area contributed by atoms with Crippen LogP contribution in [0, 0.1) is 17.8 Å². The van der Waals surface area contributed by atoms with Crippen LogP contribution in [0.3, 0.4) is 0 Å². The summed E-state index contributed by atoms with van der Waals surface area (Å²) in [7, 11) is 0. The molecule has 2 nitrogen and oxygen atoms in total. The summed E-state index contributed by atoms with van der Waals surface area (Å²) in [6, 6.07) is 0. The van der Waals surface area contributed by atoms with Crippen molar-refractivity contribution in [2.45, 2.75) is 57.4 Å². The fraction of sp³-hybridized carbons (Fsp3) is 0.867. The minimum absolute atomic E-state index is 0.0379. The molecule has 0 radical (unpaired) electrons. The van der Waals surface area contributed by atoms with Gasteiger partial charge < -0.3 is 9.47 Å². The van der Waals surface area contributed by atoms with Crippen molar-refractivity contribution in [3.05, 3.63) is 12.2 Å². The first kappa shape index (κ1) is 18.6. The fourth-order valence-corrected chi connectivity index (χ4v) is 3.62. The summed E-state index contributed by atoms with van der Waals surface area (Å²) >= 11 is 0. The average molecular weight is 346 g/mol. The molecule has 8 heteroatoms. The van der Waals surface area contributed by atoms with E-state index in [4.69, 9.17) is 4.74 Å². The topological polar surface area (TPSA) is 18.5 Å². The van der Waals surface area contributed by atoms with Gasteiger partial charge >= 0.3 is 12.4 Å².